The van der Waals surface area contributed by atoms with Crippen LogP contribution in [-0.4, -0.2) is 25.2 Å². The Morgan fingerprint density at radius 2 is 1.75 bits per heavy atom. The third-order valence-electron chi connectivity index (χ3n) is 5.27. The van der Waals surface area contributed by atoms with Crippen LogP contribution < -0.4 is 10.9 Å². The molecule has 0 atom stereocenters. The number of anilines is 1. The summed E-state index contributed by atoms with van der Waals surface area (Å²) in [6.45, 7) is 0.181. The minimum Gasteiger partial charge on any atom is -0.325 e. The van der Waals surface area contributed by atoms with E-state index in [4.69, 9.17) is 0 Å². The van der Waals surface area contributed by atoms with E-state index in [1.807, 2.05) is 42.5 Å². The van der Waals surface area contributed by atoms with Gasteiger partial charge in [-0.25, -0.2) is 14.1 Å². The molecule has 0 saturated heterocycles. The number of amides is 1. The van der Waals surface area contributed by atoms with Gasteiger partial charge in [0, 0.05) is 24.0 Å². The second-order valence-corrected chi connectivity index (χ2v) is 7.34. The lowest BCUT2D eigenvalue weighted by Gasteiger charge is -2.10. The van der Waals surface area contributed by atoms with Crippen LogP contribution in [0, 0.1) is 5.82 Å². The standard InChI is InChI=1S/C24H18FN5O2/c25-17-8-10-18(11-9-17)30-23-20(14-27-30)24(32)29(15-26-23)13-12-22(31)28-21-7-3-5-16-4-1-2-6-19(16)21/h1-11,14-15H,12-13H2,(H,28,31). The van der Waals surface area contributed by atoms with Crippen LogP contribution in [0.3, 0.4) is 0 Å². The van der Waals surface area contributed by atoms with Crippen molar-refractivity contribution >= 4 is 33.4 Å². The maximum atomic E-state index is 13.2. The second kappa shape index (κ2) is 8.07. The lowest BCUT2D eigenvalue weighted by molar-refractivity contribution is -0.116. The number of aryl methyl sites for hydroxylation is 1. The molecular formula is C24H18FN5O2. The molecule has 8 heteroatoms. The molecule has 0 aliphatic carbocycles. The zero-order chi connectivity index (χ0) is 22.1. The van der Waals surface area contributed by atoms with Crippen molar-refractivity contribution in [2.45, 2.75) is 13.0 Å². The third-order valence-corrected chi connectivity index (χ3v) is 5.27. The van der Waals surface area contributed by atoms with Crippen molar-refractivity contribution in [1.82, 2.24) is 19.3 Å². The molecule has 0 bridgehead atoms. The van der Waals surface area contributed by atoms with E-state index in [0.29, 0.717) is 16.7 Å². The summed E-state index contributed by atoms with van der Waals surface area (Å²) < 4.78 is 16.1. The van der Waals surface area contributed by atoms with Gasteiger partial charge in [-0.3, -0.25) is 14.2 Å². The van der Waals surface area contributed by atoms with Crippen LogP contribution in [0.1, 0.15) is 6.42 Å². The van der Waals surface area contributed by atoms with Crippen LogP contribution in [0.15, 0.2) is 84.0 Å². The first kappa shape index (κ1) is 19.6. The van der Waals surface area contributed by atoms with Crippen molar-refractivity contribution in [3.05, 3.63) is 95.4 Å². The highest BCUT2D eigenvalue weighted by molar-refractivity contribution is 6.02. The predicted molar refractivity (Wildman–Crippen MR) is 120 cm³/mol. The molecular weight excluding hydrogens is 409 g/mol. The van der Waals surface area contributed by atoms with Gasteiger partial charge in [-0.2, -0.15) is 5.10 Å². The Morgan fingerprint density at radius 3 is 2.59 bits per heavy atom. The lowest BCUT2D eigenvalue weighted by Crippen LogP contribution is -2.23. The van der Waals surface area contributed by atoms with Crippen LogP contribution in [0.2, 0.25) is 0 Å². The average Bonchev–Trinajstić information content (AvgIpc) is 3.24. The fourth-order valence-electron chi connectivity index (χ4n) is 3.65. The highest BCUT2D eigenvalue weighted by Crippen LogP contribution is 2.23. The molecule has 7 nitrogen and oxygen atoms in total. The molecule has 0 aliphatic heterocycles. The molecule has 1 amide bonds. The minimum absolute atomic E-state index is 0.114. The maximum Gasteiger partial charge on any atom is 0.264 e. The average molecular weight is 427 g/mol. The van der Waals surface area contributed by atoms with E-state index < -0.39 is 0 Å². The Kier molecular flexibility index (Phi) is 4.95. The third kappa shape index (κ3) is 3.62. The molecule has 0 unspecified atom stereocenters. The van der Waals surface area contributed by atoms with Crippen LogP contribution in [0.4, 0.5) is 10.1 Å². The molecule has 0 saturated carbocycles. The summed E-state index contributed by atoms with van der Waals surface area (Å²) in [5, 5.41) is 9.45. The Labute approximate surface area is 181 Å². The van der Waals surface area contributed by atoms with Crippen molar-refractivity contribution in [3.63, 3.8) is 0 Å². The van der Waals surface area contributed by atoms with Crippen molar-refractivity contribution in [1.29, 1.82) is 0 Å². The van der Waals surface area contributed by atoms with E-state index in [0.717, 1.165) is 16.5 Å². The van der Waals surface area contributed by atoms with Crippen LogP contribution in [0.25, 0.3) is 27.5 Å². The summed E-state index contributed by atoms with van der Waals surface area (Å²) >= 11 is 0. The second-order valence-electron chi connectivity index (χ2n) is 7.34. The van der Waals surface area contributed by atoms with Gasteiger partial charge in [0.1, 0.15) is 11.2 Å². The van der Waals surface area contributed by atoms with E-state index in [9.17, 15) is 14.0 Å². The summed E-state index contributed by atoms with van der Waals surface area (Å²) in [5.41, 5.74) is 1.41. The number of hydrogen-bond acceptors (Lipinski definition) is 4. The Bertz CT molecular complexity index is 1500. The van der Waals surface area contributed by atoms with Crippen LogP contribution in [-0.2, 0) is 11.3 Å². The highest BCUT2D eigenvalue weighted by atomic mass is 19.1. The molecule has 3 aromatic carbocycles. The monoisotopic (exact) mass is 427 g/mol. The minimum atomic E-state index is -0.359. The largest absolute Gasteiger partial charge is 0.325 e. The molecule has 0 radical (unpaired) electrons. The maximum absolute atomic E-state index is 13.2. The summed E-state index contributed by atoms with van der Waals surface area (Å²) in [7, 11) is 0. The van der Waals surface area contributed by atoms with Gasteiger partial charge in [0.15, 0.2) is 5.65 Å². The molecule has 5 aromatic rings. The number of nitrogens with one attached hydrogen (secondary N) is 1. The topological polar surface area (TPSA) is 81.8 Å². The number of carbonyl (C=O) groups is 1. The number of nitrogens with zero attached hydrogens (tertiary/aromatic N) is 4. The van der Waals surface area contributed by atoms with Gasteiger partial charge in [-0.15, -0.1) is 0 Å². The van der Waals surface area contributed by atoms with Gasteiger partial charge in [-0.05, 0) is 35.7 Å². The molecule has 0 fully saturated rings. The van der Waals surface area contributed by atoms with E-state index in [2.05, 4.69) is 15.4 Å². The molecule has 32 heavy (non-hydrogen) atoms. The highest BCUT2D eigenvalue weighted by Gasteiger charge is 2.13. The number of hydrogen-bond donors (Lipinski definition) is 1. The summed E-state index contributed by atoms with van der Waals surface area (Å²) in [6, 6.07) is 19.3. The van der Waals surface area contributed by atoms with E-state index in [1.165, 1.54) is 33.9 Å². The molecule has 5 rings (SSSR count). The Balaban J connectivity index is 1.34. The summed E-state index contributed by atoms with van der Waals surface area (Å²) in [4.78, 5) is 29.7. The number of rotatable bonds is 5. The number of benzene rings is 3. The Morgan fingerprint density at radius 1 is 0.969 bits per heavy atom. The summed E-state index contributed by atoms with van der Waals surface area (Å²) in [5.74, 6) is -0.558. The number of carbonyl (C=O) groups excluding carboxylic acids is 1. The Hall–Kier alpha value is -4.33. The van der Waals surface area contributed by atoms with Crippen LogP contribution in [0.5, 0.6) is 0 Å². The zero-order valence-corrected chi connectivity index (χ0v) is 16.9. The smallest absolute Gasteiger partial charge is 0.264 e. The van der Waals surface area contributed by atoms with Crippen molar-refractivity contribution in [2.75, 3.05) is 5.32 Å². The summed E-state index contributed by atoms with van der Waals surface area (Å²) in [6.07, 6.45) is 2.95. The normalized spacial score (nSPS) is 11.2. The first-order valence-corrected chi connectivity index (χ1v) is 10.1. The van der Waals surface area contributed by atoms with E-state index >= 15 is 0 Å². The van der Waals surface area contributed by atoms with E-state index in [-0.39, 0.29) is 30.2 Å². The van der Waals surface area contributed by atoms with Gasteiger partial charge in [0.2, 0.25) is 5.91 Å². The first-order chi connectivity index (χ1) is 15.6. The van der Waals surface area contributed by atoms with Gasteiger partial charge < -0.3 is 5.32 Å². The molecule has 158 valence electrons. The quantitative estimate of drug-likeness (QED) is 0.461. The lowest BCUT2D eigenvalue weighted by atomic mass is 10.1. The van der Waals surface area contributed by atoms with Crippen LogP contribution >= 0.6 is 0 Å². The van der Waals surface area contributed by atoms with E-state index in [1.54, 1.807) is 12.1 Å². The molecule has 2 aromatic heterocycles. The fraction of sp³-hybridized carbons (Fsp3) is 0.0833. The molecule has 2 heterocycles. The first-order valence-electron chi connectivity index (χ1n) is 10.1. The van der Waals surface area contributed by atoms with Crippen molar-refractivity contribution in [3.8, 4) is 5.69 Å². The van der Waals surface area contributed by atoms with Crippen molar-refractivity contribution < 1.29 is 9.18 Å². The predicted octanol–water partition coefficient (Wildman–Crippen LogP) is 3.90. The number of aromatic nitrogens is 4. The van der Waals surface area contributed by atoms with Gasteiger partial charge >= 0.3 is 0 Å². The molecule has 1 N–H and O–H groups in total. The van der Waals surface area contributed by atoms with Gasteiger partial charge in [0.25, 0.3) is 5.56 Å². The van der Waals surface area contributed by atoms with Crippen molar-refractivity contribution in [2.24, 2.45) is 0 Å². The number of fused-ring (bicyclic) bond motifs is 2. The fourth-order valence-corrected chi connectivity index (χ4v) is 3.65. The molecule has 0 aliphatic rings. The number of halogens is 1. The van der Waals surface area contributed by atoms with Gasteiger partial charge in [0.05, 0.1) is 18.2 Å². The van der Waals surface area contributed by atoms with Gasteiger partial charge in [-0.1, -0.05) is 36.4 Å². The SMILES string of the molecule is O=C(CCn1cnc2c(cnn2-c2ccc(F)cc2)c1=O)Nc1cccc2ccccc12. The molecule has 0 spiro atoms. The zero-order valence-electron chi connectivity index (χ0n) is 16.9.